The van der Waals surface area contributed by atoms with Crippen molar-refractivity contribution < 1.29 is 19.4 Å². The normalized spacial score (nSPS) is 27.6. The second-order valence-electron chi connectivity index (χ2n) is 8.54. The maximum atomic E-state index is 13.5. The number of piperidine rings is 1. The molecule has 8 heteroatoms. The van der Waals surface area contributed by atoms with E-state index in [1.54, 1.807) is 18.2 Å². The van der Waals surface area contributed by atoms with Gasteiger partial charge >= 0.3 is 6.03 Å². The topological polar surface area (TPSA) is 82.1 Å². The molecule has 1 unspecified atom stereocenters. The molecule has 1 aromatic carbocycles. The minimum atomic E-state index is -1.16. The molecule has 3 heterocycles. The van der Waals surface area contributed by atoms with Crippen molar-refractivity contribution in [1.82, 2.24) is 15.1 Å². The first-order valence-corrected chi connectivity index (χ1v) is 10.1. The van der Waals surface area contributed by atoms with Crippen LogP contribution < -0.4 is 10.1 Å². The first-order chi connectivity index (χ1) is 13.2. The summed E-state index contributed by atoms with van der Waals surface area (Å²) in [5, 5.41) is 13.1. The van der Waals surface area contributed by atoms with Crippen LogP contribution in [0.15, 0.2) is 18.2 Å². The monoisotopic (exact) mass is 407 g/mol. The third-order valence-corrected chi connectivity index (χ3v) is 6.09. The van der Waals surface area contributed by atoms with E-state index >= 15 is 0 Å². The molecule has 7 nitrogen and oxygen atoms in total. The number of benzene rings is 1. The number of ether oxygens (including phenoxy) is 1. The summed E-state index contributed by atoms with van der Waals surface area (Å²) in [6.07, 6.45) is 1.54. The first-order valence-electron chi connectivity index (χ1n) is 9.74. The molecule has 1 spiro atoms. The molecule has 152 valence electrons. The van der Waals surface area contributed by atoms with Crippen LogP contribution in [0.3, 0.4) is 0 Å². The number of likely N-dealkylation sites (tertiary alicyclic amines) is 1. The number of fused-ring (bicyclic) bond motifs is 2. The zero-order valence-corrected chi connectivity index (χ0v) is 17.0. The molecule has 3 aliphatic rings. The molecular weight excluding hydrogens is 382 g/mol. The molecule has 1 aromatic rings. The van der Waals surface area contributed by atoms with Gasteiger partial charge in [0.1, 0.15) is 11.4 Å². The van der Waals surface area contributed by atoms with E-state index in [2.05, 4.69) is 10.2 Å². The molecule has 3 aliphatic heterocycles. The Bertz CT molecular complexity index is 807. The van der Waals surface area contributed by atoms with Crippen molar-refractivity contribution in [3.63, 3.8) is 0 Å². The van der Waals surface area contributed by atoms with Gasteiger partial charge in [-0.3, -0.25) is 9.69 Å². The summed E-state index contributed by atoms with van der Waals surface area (Å²) in [7, 11) is 0. The lowest BCUT2D eigenvalue weighted by molar-refractivity contribution is -0.135. The molecule has 0 saturated carbocycles. The fourth-order valence-corrected chi connectivity index (χ4v) is 4.68. The van der Waals surface area contributed by atoms with Gasteiger partial charge in [0.2, 0.25) is 0 Å². The van der Waals surface area contributed by atoms with E-state index in [4.69, 9.17) is 16.3 Å². The Morgan fingerprint density at radius 2 is 1.96 bits per heavy atom. The summed E-state index contributed by atoms with van der Waals surface area (Å²) in [4.78, 5) is 29.7. The third kappa shape index (κ3) is 3.36. The van der Waals surface area contributed by atoms with Crippen LogP contribution in [0.4, 0.5) is 4.79 Å². The first kappa shape index (κ1) is 19.5. The number of imide groups is 1. The van der Waals surface area contributed by atoms with Gasteiger partial charge in [-0.05, 0) is 44.9 Å². The molecule has 28 heavy (non-hydrogen) atoms. The number of carbonyl (C=O) groups excluding carboxylic acids is 2. The van der Waals surface area contributed by atoms with E-state index in [9.17, 15) is 14.7 Å². The predicted octanol–water partition coefficient (Wildman–Crippen LogP) is 2.10. The summed E-state index contributed by atoms with van der Waals surface area (Å²) < 4.78 is 6.03. The van der Waals surface area contributed by atoms with Gasteiger partial charge in [-0.25, -0.2) is 4.79 Å². The summed E-state index contributed by atoms with van der Waals surface area (Å²) in [5.74, 6) is 0.315. The SMILES string of the molecule is CC1(C)CC2(NC(=O)N(CCN3CCC(O)CC3)C2=O)c2cc(Cl)ccc2O1. The Morgan fingerprint density at radius 1 is 1.25 bits per heavy atom. The van der Waals surface area contributed by atoms with Gasteiger partial charge in [0.25, 0.3) is 5.91 Å². The van der Waals surface area contributed by atoms with Crippen molar-refractivity contribution in [3.8, 4) is 5.75 Å². The highest BCUT2D eigenvalue weighted by Gasteiger charge is 2.58. The van der Waals surface area contributed by atoms with Crippen LogP contribution in [0.2, 0.25) is 5.02 Å². The number of aliphatic hydroxyl groups is 1. The average molecular weight is 408 g/mol. The molecule has 0 radical (unpaired) electrons. The van der Waals surface area contributed by atoms with E-state index in [-0.39, 0.29) is 18.0 Å². The van der Waals surface area contributed by atoms with Gasteiger partial charge in [-0.15, -0.1) is 0 Å². The maximum absolute atomic E-state index is 13.5. The molecule has 0 aliphatic carbocycles. The predicted molar refractivity (Wildman–Crippen MR) is 104 cm³/mol. The summed E-state index contributed by atoms with van der Waals surface area (Å²) >= 11 is 6.18. The number of carbonyl (C=O) groups is 2. The number of hydrogen-bond donors (Lipinski definition) is 2. The quantitative estimate of drug-likeness (QED) is 0.750. The lowest BCUT2D eigenvalue weighted by Gasteiger charge is -2.42. The molecule has 2 N–H and O–H groups in total. The highest BCUT2D eigenvalue weighted by molar-refractivity contribution is 6.30. The van der Waals surface area contributed by atoms with Crippen LogP contribution in [-0.2, 0) is 10.3 Å². The van der Waals surface area contributed by atoms with Crippen LogP contribution in [0, 0.1) is 0 Å². The van der Waals surface area contributed by atoms with Crippen molar-refractivity contribution in [2.45, 2.75) is 50.4 Å². The number of nitrogens with zero attached hydrogens (tertiary/aromatic N) is 2. The third-order valence-electron chi connectivity index (χ3n) is 5.85. The van der Waals surface area contributed by atoms with E-state index < -0.39 is 11.1 Å². The Balaban J connectivity index is 1.58. The van der Waals surface area contributed by atoms with E-state index in [1.807, 2.05) is 13.8 Å². The molecule has 3 amide bonds. The van der Waals surface area contributed by atoms with Crippen LogP contribution in [0.1, 0.15) is 38.7 Å². The zero-order chi connectivity index (χ0) is 20.1. The molecule has 2 fully saturated rings. The summed E-state index contributed by atoms with van der Waals surface area (Å²) in [6.45, 7) is 6.29. The fourth-order valence-electron chi connectivity index (χ4n) is 4.51. The number of halogens is 1. The van der Waals surface area contributed by atoms with Gasteiger partial charge in [-0.2, -0.15) is 0 Å². The van der Waals surface area contributed by atoms with Gasteiger partial charge < -0.3 is 20.1 Å². The molecular formula is C20H26ClN3O4. The lowest BCUT2D eigenvalue weighted by atomic mass is 9.77. The maximum Gasteiger partial charge on any atom is 0.325 e. The van der Waals surface area contributed by atoms with Crippen LogP contribution in [-0.4, -0.2) is 64.7 Å². The van der Waals surface area contributed by atoms with E-state index in [1.165, 1.54) is 4.90 Å². The minimum absolute atomic E-state index is 0.248. The fraction of sp³-hybridized carbons (Fsp3) is 0.600. The Labute approximate surface area is 169 Å². The van der Waals surface area contributed by atoms with Crippen LogP contribution >= 0.6 is 11.6 Å². The number of nitrogens with one attached hydrogen (secondary N) is 1. The number of rotatable bonds is 3. The van der Waals surface area contributed by atoms with Crippen molar-refractivity contribution in [2.75, 3.05) is 26.2 Å². The smallest absolute Gasteiger partial charge is 0.325 e. The molecule has 1 atom stereocenters. The molecule has 4 rings (SSSR count). The number of amides is 3. The number of aliphatic hydroxyl groups excluding tert-OH is 1. The summed E-state index contributed by atoms with van der Waals surface area (Å²) in [5.41, 5.74) is -1.15. The summed E-state index contributed by atoms with van der Waals surface area (Å²) in [6, 6.07) is 4.80. The van der Waals surface area contributed by atoms with Crippen molar-refractivity contribution in [2.24, 2.45) is 0 Å². The zero-order valence-electron chi connectivity index (χ0n) is 16.2. The second kappa shape index (κ2) is 6.90. The van der Waals surface area contributed by atoms with Gasteiger partial charge in [0, 0.05) is 43.2 Å². The number of urea groups is 1. The Hall–Kier alpha value is -1.83. The van der Waals surface area contributed by atoms with E-state index in [0.717, 1.165) is 25.9 Å². The Kier molecular flexibility index (Phi) is 4.80. The van der Waals surface area contributed by atoms with Crippen LogP contribution in [0.25, 0.3) is 0 Å². The van der Waals surface area contributed by atoms with Gasteiger partial charge in [0.05, 0.1) is 6.10 Å². The van der Waals surface area contributed by atoms with Gasteiger partial charge in [-0.1, -0.05) is 11.6 Å². The van der Waals surface area contributed by atoms with Crippen LogP contribution in [0.5, 0.6) is 5.75 Å². The molecule has 0 bridgehead atoms. The second-order valence-corrected chi connectivity index (χ2v) is 8.98. The molecule has 2 saturated heterocycles. The number of hydrogen-bond acceptors (Lipinski definition) is 5. The molecule has 0 aromatic heterocycles. The Morgan fingerprint density at radius 3 is 2.68 bits per heavy atom. The van der Waals surface area contributed by atoms with Crippen molar-refractivity contribution >= 4 is 23.5 Å². The van der Waals surface area contributed by atoms with Crippen molar-refractivity contribution in [1.29, 1.82) is 0 Å². The largest absolute Gasteiger partial charge is 0.487 e. The highest BCUT2D eigenvalue weighted by Crippen LogP contribution is 2.47. The standard InChI is InChI=1S/C20H26ClN3O4/c1-19(2)12-20(15-11-13(21)3-4-16(15)28-19)17(26)24(18(27)22-20)10-9-23-7-5-14(25)6-8-23/h3-4,11,14,25H,5-10,12H2,1-2H3,(H,22,27). The van der Waals surface area contributed by atoms with E-state index in [0.29, 0.717) is 35.8 Å². The van der Waals surface area contributed by atoms with Gasteiger partial charge in [0.15, 0.2) is 5.54 Å². The van der Waals surface area contributed by atoms with Crippen molar-refractivity contribution in [3.05, 3.63) is 28.8 Å². The minimum Gasteiger partial charge on any atom is -0.487 e. The average Bonchev–Trinajstić information content (AvgIpc) is 2.85. The lowest BCUT2D eigenvalue weighted by Crippen LogP contribution is -2.54. The highest BCUT2D eigenvalue weighted by atomic mass is 35.5.